The molecule has 2 aliphatic heterocycles. The lowest BCUT2D eigenvalue weighted by Gasteiger charge is -2.36. The summed E-state index contributed by atoms with van der Waals surface area (Å²) in [6.07, 6.45) is 0.634. The molecule has 2 fully saturated rings. The molecule has 15 nitrogen and oxygen atoms in total. The predicted molar refractivity (Wildman–Crippen MR) is 206 cm³/mol. The number of carbonyl (C=O) groups excluding carboxylic acids is 8. The molecule has 54 heavy (non-hydrogen) atoms. The van der Waals surface area contributed by atoms with Gasteiger partial charge in [-0.2, -0.15) is 0 Å². The van der Waals surface area contributed by atoms with E-state index in [1.165, 1.54) is 23.6 Å². The number of benzene rings is 1. The SMILES string of the molecule is CCC[C@@H](NC(=O)[C@@H]1CC2(CN1C(=O)[C@@H](NC(=O)[C@H](C)OC(C)=O)C(C)(C)C)SCCCS2)C(=O)C(=O)NCC(=O)NC(C(=O)N(C)C)c1ccccc1. The predicted octanol–water partition coefficient (Wildman–Crippen LogP) is 1.55. The van der Waals surface area contributed by atoms with Crippen molar-refractivity contribution in [1.29, 1.82) is 0 Å². The van der Waals surface area contributed by atoms with E-state index >= 15 is 0 Å². The minimum atomic E-state index is -1.25. The van der Waals surface area contributed by atoms with Crippen LogP contribution in [0, 0.1) is 5.41 Å². The molecule has 1 spiro atoms. The van der Waals surface area contributed by atoms with E-state index in [4.69, 9.17) is 4.74 Å². The van der Waals surface area contributed by atoms with Crippen LogP contribution in [0.15, 0.2) is 30.3 Å². The maximum atomic E-state index is 14.4. The fourth-order valence-electron chi connectivity index (χ4n) is 6.14. The molecular weight excluding hydrogens is 737 g/mol. The van der Waals surface area contributed by atoms with Gasteiger partial charge in [-0.25, -0.2) is 0 Å². The van der Waals surface area contributed by atoms with Gasteiger partial charge < -0.3 is 35.8 Å². The smallest absolute Gasteiger partial charge is 0.303 e. The molecule has 0 aliphatic carbocycles. The number of thioether (sulfide) groups is 2. The van der Waals surface area contributed by atoms with Gasteiger partial charge in [0.2, 0.25) is 29.4 Å². The second-order valence-electron chi connectivity index (χ2n) is 14.7. The average Bonchev–Trinajstić information content (AvgIpc) is 3.48. The molecule has 4 N–H and O–H groups in total. The van der Waals surface area contributed by atoms with Crippen LogP contribution in [0.3, 0.4) is 0 Å². The third-order valence-corrected chi connectivity index (χ3v) is 12.3. The topological polar surface area (TPSA) is 200 Å². The van der Waals surface area contributed by atoms with E-state index in [1.807, 2.05) is 0 Å². The van der Waals surface area contributed by atoms with Crippen LogP contribution >= 0.6 is 23.5 Å². The van der Waals surface area contributed by atoms with E-state index < -0.39 is 87.6 Å². The molecule has 2 heterocycles. The highest BCUT2D eigenvalue weighted by Gasteiger charge is 2.53. The number of ketones is 1. The molecule has 0 aromatic heterocycles. The van der Waals surface area contributed by atoms with Crippen molar-refractivity contribution in [1.82, 2.24) is 31.1 Å². The lowest BCUT2D eigenvalue weighted by atomic mass is 9.85. The zero-order chi connectivity index (χ0) is 40.4. The Bertz CT molecular complexity index is 1560. The summed E-state index contributed by atoms with van der Waals surface area (Å²) in [7, 11) is 3.10. The Balaban J connectivity index is 1.77. The van der Waals surface area contributed by atoms with Gasteiger partial charge in [-0.1, -0.05) is 64.4 Å². The molecular formula is C37H54N6O9S2. The van der Waals surface area contributed by atoms with Crippen LogP contribution in [0.4, 0.5) is 0 Å². The molecule has 17 heteroatoms. The number of likely N-dealkylation sites (N-methyl/N-ethyl adjacent to an activating group) is 1. The molecule has 298 valence electrons. The van der Waals surface area contributed by atoms with Crippen molar-refractivity contribution < 1.29 is 43.1 Å². The van der Waals surface area contributed by atoms with Crippen LogP contribution in [0.2, 0.25) is 0 Å². The van der Waals surface area contributed by atoms with Crippen LogP contribution in [-0.4, -0.2) is 124 Å². The van der Waals surface area contributed by atoms with E-state index in [1.54, 1.807) is 95.6 Å². The first-order chi connectivity index (χ1) is 25.3. The third-order valence-electron chi connectivity index (χ3n) is 8.98. The van der Waals surface area contributed by atoms with E-state index in [2.05, 4.69) is 21.3 Å². The summed E-state index contributed by atoms with van der Waals surface area (Å²) in [5.74, 6) is -3.91. The van der Waals surface area contributed by atoms with Gasteiger partial charge in [0.05, 0.1) is 16.7 Å². The number of rotatable bonds is 15. The Morgan fingerprint density at radius 1 is 0.981 bits per heavy atom. The molecule has 0 radical (unpaired) electrons. The third kappa shape index (κ3) is 11.9. The van der Waals surface area contributed by atoms with E-state index in [0.717, 1.165) is 17.9 Å². The lowest BCUT2D eigenvalue weighted by Crippen LogP contribution is -2.60. The molecule has 0 saturated carbocycles. The minimum absolute atomic E-state index is 0.113. The number of amides is 6. The molecule has 3 rings (SSSR count). The Hall–Kier alpha value is -4.12. The normalized spacial score (nSPS) is 18.7. The van der Waals surface area contributed by atoms with Gasteiger partial charge in [0.25, 0.3) is 11.8 Å². The van der Waals surface area contributed by atoms with Crippen molar-refractivity contribution in [2.45, 2.75) is 102 Å². The van der Waals surface area contributed by atoms with Gasteiger partial charge in [0.1, 0.15) is 18.1 Å². The van der Waals surface area contributed by atoms with Crippen LogP contribution in [0.1, 0.15) is 78.8 Å². The number of esters is 1. The van der Waals surface area contributed by atoms with E-state index in [9.17, 15) is 38.4 Å². The van der Waals surface area contributed by atoms with Crippen LogP contribution in [0.5, 0.6) is 0 Å². The first-order valence-corrected chi connectivity index (χ1v) is 20.0. The Kier molecular flexibility index (Phi) is 16.0. The van der Waals surface area contributed by atoms with Crippen molar-refractivity contribution >= 4 is 70.7 Å². The number of ether oxygens (including phenoxy) is 1. The molecule has 2 saturated heterocycles. The van der Waals surface area contributed by atoms with Crippen molar-refractivity contribution in [2.75, 3.05) is 38.7 Å². The van der Waals surface area contributed by atoms with Gasteiger partial charge in [0, 0.05) is 34.0 Å². The second-order valence-corrected chi connectivity index (χ2v) is 18.0. The van der Waals surface area contributed by atoms with E-state index in [-0.39, 0.29) is 25.3 Å². The Morgan fingerprint density at radius 3 is 2.17 bits per heavy atom. The minimum Gasteiger partial charge on any atom is -0.453 e. The largest absolute Gasteiger partial charge is 0.453 e. The van der Waals surface area contributed by atoms with Crippen molar-refractivity contribution in [3.05, 3.63) is 35.9 Å². The Morgan fingerprint density at radius 2 is 1.61 bits per heavy atom. The summed E-state index contributed by atoms with van der Waals surface area (Å²) in [5, 5.41) is 10.4. The van der Waals surface area contributed by atoms with Crippen molar-refractivity contribution in [3.63, 3.8) is 0 Å². The van der Waals surface area contributed by atoms with Crippen LogP contribution in [-0.2, 0) is 43.1 Å². The summed E-state index contributed by atoms with van der Waals surface area (Å²) < 4.78 is 4.53. The van der Waals surface area contributed by atoms with Gasteiger partial charge in [0.15, 0.2) is 6.10 Å². The first kappa shape index (κ1) is 44.3. The fourth-order valence-corrected chi connectivity index (χ4v) is 9.49. The van der Waals surface area contributed by atoms with Gasteiger partial charge in [-0.3, -0.25) is 38.4 Å². The number of hydrogen-bond donors (Lipinski definition) is 4. The lowest BCUT2D eigenvalue weighted by molar-refractivity contribution is -0.154. The zero-order valence-corrected chi connectivity index (χ0v) is 33.9. The second kappa shape index (κ2) is 19.5. The molecule has 1 unspecified atom stereocenters. The quantitative estimate of drug-likeness (QED) is 0.149. The Labute approximate surface area is 325 Å². The maximum Gasteiger partial charge on any atom is 0.303 e. The molecule has 1 aromatic carbocycles. The van der Waals surface area contributed by atoms with Gasteiger partial charge in [-0.15, -0.1) is 23.5 Å². The summed E-state index contributed by atoms with van der Waals surface area (Å²) in [6, 6.07) is 4.21. The summed E-state index contributed by atoms with van der Waals surface area (Å²) in [6.45, 7) is 9.29. The zero-order valence-electron chi connectivity index (χ0n) is 32.3. The number of carbonyl (C=O) groups is 8. The highest BCUT2D eigenvalue weighted by molar-refractivity contribution is 8.18. The number of Topliss-reactive ketones (excluding diaryl/α,β-unsaturated/α-hetero) is 1. The van der Waals surface area contributed by atoms with Gasteiger partial charge in [-0.05, 0) is 42.2 Å². The maximum absolute atomic E-state index is 14.4. The molecule has 1 aromatic rings. The van der Waals surface area contributed by atoms with Gasteiger partial charge >= 0.3 is 5.97 Å². The summed E-state index contributed by atoms with van der Waals surface area (Å²) in [4.78, 5) is 108. The first-order valence-electron chi connectivity index (χ1n) is 18.0. The number of nitrogens with zero attached hydrogens (tertiary/aromatic N) is 2. The standard InChI is InChI=1S/C37H54N6O9S2/c1-9-14-25(29(46)33(49)38-20-27(45)40-28(34(50)42(7)8)24-15-11-10-12-16-24)39-32(48)26-19-37(53-17-13-18-54-37)21-43(26)35(51)30(36(4,5)6)41-31(47)22(2)52-23(3)44/h10-12,15-16,22,25-26,28,30H,9,13-14,17-21H2,1-8H3,(H,38,49)(H,39,48)(H,40,45)(H,41,47)/t22-,25+,26-,28?,30+/m0/s1. The monoisotopic (exact) mass is 790 g/mol. The van der Waals surface area contributed by atoms with Crippen LogP contribution in [0.25, 0.3) is 0 Å². The highest BCUT2D eigenvalue weighted by Crippen LogP contribution is 2.50. The number of likely N-dealkylation sites (tertiary alicyclic amines) is 1. The summed E-state index contributed by atoms with van der Waals surface area (Å²) >= 11 is 3.33. The van der Waals surface area contributed by atoms with Crippen LogP contribution < -0.4 is 21.3 Å². The average molecular weight is 791 g/mol. The molecule has 0 bridgehead atoms. The van der Waals surface area contributed by atoms with Crippen molar-refractivity contribution in [3.8, 4) is 0 Å². The molecule has 2 aliphatic rings. The fraction of sp³-hybridized carbons (Fsp3) is 0.622. The molecule has 5 atom stereocenters. The summed E-state index contributed by atoms with van der Waals surface area (Å²) in [5.41, 5.74) is -0.269. The molecule has 6 amide bonds. The van der Waals surface area contributed by atoms with Crippen molar-refractivity contribution in [2.24, 2.45) is 5.41 Å². The van der Waals surface area contributed by atoms with E-state index in [0.29, 0.717) is 12.0 Å². The number of hydrogen-bond acceptors (Lipinski definition) is 11. The number of nitrogens with one attached hydrogen (secondary N) is 4. The highest BCUT2D eigenvalue weighted by atomic mass is 32.2.